The first-order valence-corrected chi connectivity index (χ1v) is 12.1. The van der Waals surface area contributed by atoms with Gasteiger partial charge in [-0.15, -0.1) is 0 Å². The number of rotatable bonds is 10. The molecule has 0 bridgehead atoms. The predicted molar refractivity (Wildman–Crippen MR) is 139 cm³/mol. The topological polar surface area (TPSA) is 52.7 Å². The standard InChI is InChI=1S/C27H38ClN3O2/c1-8-20(9-2)27(33)31(19(5)18(3)4)17-21-16-22(14-15-25(21)30(6)7)29-26(32)23-12-10-11-13-24(23)28/h10-16,18-20H,8-9,17H2,1-7H3,(H,29,32)/t19-/m0/s1. The SMILES string of the molecule is CCC(CC)C(=O)N(Cc1cc(NC(=O)c2ccccc2Cl)ccc1N(C)C)[C@@H](C)C(C)C. The zero-order valence-corrected chi connectivity index (χ0v) is 21.7. The Morgan fingerprint density at radius 2 is 1.64 bits per heavy atom. The Hall–Kier alpha value is -2.53. The molecule has 0 radical (unpaired) electrons. The number of hydrogen-bond donors (Lipinski definition) is 1. The molecule has 0 aliphatic carbocycles. The summed E-state index contributed by atoms with van der Waals surface area (Å²) < 4.78 is 0. The van der Waals surface area contributed by atoms with Gasteiger partial charge in [0, 0.05) is 44.0 Å². The second kappa shape index (κ2) is 12.1. The molecule has 0 heterocycles. The molecule has 0 spiro atoms. The van der Waals surface area contributed by atoms with E-state index in [1.54, 1.807) is 24.3 Å². The Morgan fingerprint density at radius 1 is 1.00 bits per heavy atom. The smallest absolute Gasteiger partial charge is 0.257 e. The summed E-state index contributed by atoms with van der Waals surface area (Å²) in [7, 11) is 3.97. The average Bonchev–Trinajstić information content (AvgIpc) is 2.77. The largest absolute Gasteiger partial charge is 0.377 e. The molecule has 33 heavy (non-hydrogen) atoms. The van der Waals surface area contributed by atoms with E-state index in [0.29, 0.717) is 28.7 Å². The molecule has 180 valence electrons. The molecule has 6 heteroatoms. The predicted octanol–water partition coefficient (Wildman–Crippen LogP) is 6.47. The Morgan fingerprint density at radius 3 is 2.18 bits per heavy atom. The maximum absolute atomic E-state index is 13.5. The van der Waals surface area contributed by atoms with Crippen molar-refractivity contribution < 1.29 is 9.59 Å². The van der Waals surface area contributed by atoms with Gasteiger partial charge < -0.3 is 15.1 Å². The first-order chi connectivity index (χ1) is 15.6. The molecular formula is C27H38ClN3O2. The van der Waals surface area contributed by atoms with E-state index in [1.165, 1.54) is 0 Å². The first kappa shape index (κ1) is 26.7. The molecule has 2 aromatic carbocycles. The van der Waals surface area contributed by atoms with E-state index >= 15 is 0 Å². The van der Waals surface area contributed by atoms with Crippen molar-refractivity contribution >= 4 is 34.8 Å². The van der Waals surface area contributed by atoms with E-state index in [2.05, 4.69) is 39.9 Å². The van der Waals surface area contributed by atoms with Crippen molar-refractivity contribution in [2.24, 2.45) is 11.8 Å². The lowest BCUT2D eigenvalue weighted by Gasteiger charge is -2.35. The highest BCUT2D eigenvalue weighted by molar-refractivity contribution is 6.34. The lowest BCUT2D eigenvalue weighted by atomic mass is 9.97. The van der Waals surface area contributed by atoms with Gasteiger partial charge in [0.15, 0.2) is 0 Å². The molecule has 1 atom stereocenters. The molecule has 0 unspecified atom stereocenters. The van der Waals surface area contributed by atoms with Gasteiger partial charge in [-0.1, -0.05) is 51.4 Å². The minimum atomic E-state index is -0.260. The summed E-state index contributed by atoms with van der Waals surface area (Å²) in [6.45, 7) is 11.0. The fourth-order valence-electron chi connectivity index (χ4n) is 3.91. The molecule has 2 amide bonds. The van der Waals surface area contributed by atoms with Crippen LogP contribution in [0, 0.1) is 11.8 Å². The molecule has 0 fully saturated rings. The molecule has 5 nitrogen and oxygen atoms in total. The molecular weight excluding hydrogens is 434 g/mol. The Bertz CT molecular complexity index is 954. The minimum Gasteiger partial charge on any atom is -0.377 e. The maximum atomic E-state index is 13.5. The van der Waals surface area contributed by atoms with Gasteiger partial charge in [-0.3, -0.25) is 9.59 Å². The van der Waals surface area contributed by atoms with Crippen LogP contribution in [0.15, 0.2) is 42.5 Å². The van der Waals surface area contributed by atoms with Crippen LogP contribution < -0.4 is 10.2 Å². The third-order valence-corrected chi connectivity index (χ3v) is 6.68. The van der Waals surface area contributed by atoms with Crippen molar-refractivity contribution in [3.8, 4) is 0 Å². The first-order valence-electron chi connectivity index (χ1n) is 11.8. The van der Waals surface area contributed by atoms with E-state index in [1.807, 2.05) is 42.1 Å². The molecule has 0 saturated heterocycles. The van der Waals surface area contributed by atoms with E-state index < -0.39 is 0 Å². The number of nitrogens with one attached hydrogen (secondary N) is 1. The molecule has 2 rings (SSSR count). The van der Waals surface area contributed by atoms with Crippen LogP contribution in [0.3, 0.4) is 0 Å². The van der Waals surface area contributed by atoms with Crippen molar-refractivity contribution in [1.82, 2.24) is 4.90 Å². The summed E-state index contributed by atoms with van der Waals surface area (Å²) in [5, 5.41) is 3.37. The van der Waals surface area contributed by atoms with Crippen LogP contribution in [0.25, 0.3) is 0 Å². The van der Waals surface area contributed by atoms with Crippen molar-refractivity contribution in [2.45, 2.75) is 60.0 Å². The van der Waals surface area contributed by atoms with Crippen LogP contribution in [-0.2, 0) is 11.3 Å². The number of carbonyl (C=O) groups excluding carboxylic acids is 2. The van der Waals surface area contributed by atoms with Crippen LogP contribution in [0.4, 0.5) is 11.4 Å². The maximum Gasteiger partial charge on any atom is 0.257 e. The van der Waals surface area contributed by atoms with Gasteiger partial charge in [0.1, 0.15) is 0 Å². The highest BCUT2D eigenvalue weighted by atomic mass is 35.5. The second-order valence-electron chi connectivity index (χ2n) is 9.14. The van der Waals surface area contributed by atoms with E-state index in [-0.39, 0.29) is 23.8 Å². The Labute approximate surface area is 204 Å². The minimum absolute atomic E-state index is 0.0112. The van der Waals surface area contributed by atoms with Gasteiger partial charge in [0.05, 0.1) is 10.6 Å². The Kier molecular flexibility index (Phi) is 9.78. The van der Waals surface area contributed by atoms with Gasteiger partial charge >= 0.3 is 0 Å². The van der Waals surface area contributed by atoms with Crippen molar-refractivity contribution in [1.29, 1.82) is 0 Å². The van der Waals surface area contributed by atoms with Crippen LogP contribution in [-0.4, -0.2) is 36.9 Å². The van der Waals surface area contributed by atoms with Crippen LogP contribution >= 0.6 is 11.6 Å². The highest BCUT2D eigenvalue weighted by Crippen LogP contribution is 2.28. The Balaban J connectivity index is 2.41. The molecule has 0 aliphatic heterocycles. The molecule has 0 saturated carbocycles. The fourth-order valence-corrected chi connectivity index (χ4v) is 4.13. The summed E-state index contributed by atoms with van der Waals surface area (Å²) in [6, 6.07) is 12.9. The number of amides is 2. The monoisotopic (exact) mass is 471 g/mol. The zero-order chi connectivity index (χ0) is 24.7. The lowest BCUT2D eigenvalue weighted by molar-refractivity contribution is -0.139. The van der Waals surface area contributed by atoms with Gasteiger partial charge in [-0.05, 0) is 61.6 Å². The van der Waals surface area contributed by atoms with Gasteiger partial charge in [0.2, 0.25) is 5.91 Å². The van der Waals surface area contributed by atoms with Gasteiger partial charge in [-0.25, -0.2) is 0 Å². The molecule has 1 N–H and O–H groups in total. The summed E-state index contributed by atoms with van der Waals surface area (Å²) in [4.78, 5) is 30.3. The summed E-state index contributed by atoms with van der Waals surface area (Å²) in [5.74, 6) is 0.271. The molecule has 2 aromatic rings. The normalized spacial score (nSPS) is 12.1. The third kappa shape index (κ3) is 6.73. The van der Waals surface area contributed by atoms with Gasteiger partial charge in [-0.2, -0.15) is 0 Å². The van der Waals surface area contributed by atoms with Crippen molar-refractivity contribution in [3.05, 3.63) is 58.6 Å². The third-order valence-electron chi connectivity index (χ3n) is 6.35. The number of halogens is 1. The van der Waals surface area contributed by atoms with E-state index in [0.717, 1.165) is 24.1 Å². The van der Waals surface area contributed by atoms with Crippen LogP contribution in [0.2, 0.25) is 5.02 Å². The highest BCUT2D eigenvalue weighted by Gasteiger charge is 2.28. The van der Waals surface area contributed by atoms with Crippen LogP contribution in [0.1, 0.15) is 63.4 Å². The zero-order valence-electron chi connectivity index (χ0n) is 21.0. The number of nitrogens with zero attached hydrogens (tertiary/aromatic N) is 2. The quantitative estimate of drug-likeness (QED) is 0.432. The number of benzene rings is 2. The van der Waals surface area contributed by atoms with Gasteiger partial charge in [0.25, 0.3) is 5.91 Å². The summed E-state index contributed by atoms with van der Waals surface area (Å²) >= 11 is 6.20. The van der Waals surface area contributed by atoms with E-state index in [4.69, 9.17) is 11.6 Å². The lowest BCUT2D eigenvalue weighted by Crippen LogP contribution is -2.44. The number of hydrogen-bond acceptors (Lipinski definition) is 3. The fraction of sp³-hybridized carbons (Fsp3) is 0.481. The van der Waals surface area contributed by atoms with E-state index in [9.17, 15) is 9.59 Å². The molecule has 0 aromatic heterocycles. The van der Waals surface area contributed by atoms with Crippen molar-refractivity contribution in [2.75, 3.05) is 24.3 Å². The number of carbonyl (C=O) groups is 2. The summed E-state index contributed by atoms with van der Waals surface area (Å²) in [6.07, 6.45) is 1.65. The van der Waals surface area contributed by atoms with Crippen molar-refractivity contribution in [3.63, 3.8) is 0 Å². The second-order valence-corrected chi connectivity index (χ2v) is 9.54. The summed E-state index contributed by atoms with van der Waals surface area (Å²) in [5.41, 5.74) is 3.11. The van der Waals surface area contributed by atoms with Crippen LogP contribution in [0.5, 0.6) is 0 Å². The molecule has 0 aliphatic rings. The average molecular weight is 472 g/mol. The number of anilines is 2.